The van der Waals surface area contributed by atoms with Crippen LogP contribution in [0.15, 0.2) is 34.8 Å². The second-order valence-corrected chi connectivity index (χ2v) is 7.84. The van der Waals surface area contributed by atoms with Gasteiger partial charge in [0.2, 0.25) is 5.78 Å². The molecule has 28 heavy (non-hydrogen) atoms. The first-order valence-electron chi connectivity index (χ1n) is 11.3. The quantitative estimate of drug-likeness (QED) is 0.178. The summed E-state index contributed by atoms with van der Waals surface area (Å²) in [5.41, 5.74) is 2.56. The molecule has 0 saturated heterocycles. The predicted molar refractivity (Wildman–Crippen MR) is 118 cm³/mol. The summed E-state index contributed by atoms with van der Waals surface area (Å²) in [5.74, 6) is 0.288. The van der Waals surface area contributed by atoms with Gasteiger partial charge in [0.25, 0.3) is 5.89 Å². The van der Waals surface area contributed by atoms with Crippen LogP contribution in [0.3, 0.4) is 0 Å². The predicted octanol–water partition coefficient (Wildman–Crippen LogP) is 7.97. The number of unbranched alkanes of at least 4 members (excludes halogenated alkanes) is 10. The Labute approximate surface area is 170 Å². The van der Waals surface area contributed by atoms with Gasteiger partial charge in [0.15, 0.2) is 5.58 Å². The van der Waals surface area contributed by atoms with Gasteiger partial charge in [-0.2, -0.15) is 0 Å². The highest BCUT2D eigenvalue weighted by Crippen LogP contribution is 2.20. The van der Waals surface area contributed by atoms with Gasteiger partial charge in [-0.05, 0) is 50.7 Å². The SMILES string of the molecule is CCCCCCCC/C=C\CCCCCCC(=O)c1nc2c(C)cccc2o1. The fraction of sp³-hybridized carbons (Fsp3) is 0.600. The van der Waals surface area contributed by atoms with E-state index in [4.69, 9.17) is 4.42 Å². The highest BCUT2D eigenvalue weighted by molar-refractivity contribution is 5.94. The van der Waals surface area contributed by atoms with Crippen LogP contribution in [0.2, 0.25) is 0 Å². The monoisotopic (exact) mass is 383 g/mol. The summed E-state index contributed by atoms with van der Waals surface area (Å²) in [6.45, 7) is 4.25. The fourth-order valence-corrected chi connectivity index (χ4v) is 3.49. The summed E-state index contributed by atoms with van der Waals surface area (Å²) in [7, 11) is 0. The van der Waals surface area contributed by atoms with Crippen molar-refractivity contribution in [2.24, 2.45) is 0 Å². The van der Waals surface area contributed by atoms with E-state index < -0.39 is 0 Å². The smallest absolute Gasteiger partial charge is 0.264 e. The van der Waals surface area contributed by atoms with Gasteiger partial charge >= 0.3 is 0 Å². The number of Topliss-reactive ketones (excluding diaryl/α,β-unsaturated/α-hetero) is 1. The fourth-order valence-electron chi connectivity index (χ4n) is 3.49. The minimum absolute atomic E-state index is 0.0226. The zero-order chi connectivity index (χ0) is 20.0. The van der Waals surface area contributed by atoms with Gasteiger partial charge < -0.3 is 4.42 Å². The molecule has 2 rings (SSSR count). The topological polar surface area (TPSA) is 43.1 Å². The lowest BCUT2D eigenvalue weighted by molar-refractivity contribution is 0.0947. The largest absolute Gasteiger partial charge is 0.434 e. The maximum atomic E-state index is 12.3. The van der Waals surface area contributed by atoms with Crippen molar-refractivity contribution >= 4 is 16.9 Å². The van der Waals surface area contributed by atoms with E-state index in [1.54, 1.807) is 0 Å². The molecule has 0 unspecified atom stereocenters. The Bertz CT molecular complexity index is 729. The Morgan fingerprint density at radius 3 is 2.25 bits per heavy atom. The number of rotatable bonds is 15. The molecule has 154 valence electrons. The van der Waals surface area contributed by atoms with Crippen LogP contribution >= 0.6 is 0 Å². The molecule has 0 aliphatic rings. The van der Waals surface area contributed by atoms with Crippen LogP contribution in [0.25, 0.3) is 11.1 Å². The number of fused-ring (bicyclic) bond motifs is 1. The standard InChI is InChI=1S/C25H37NO2/c1-3-4-5-6-7-8-9-10-11-12-13-14-15-16-19-22(27)25-26-24-21(2)18-17-20-23(24)28-25/h10-11,17-18,20H,3-9,12-16,19H2,1-2H3/b11-10-. The van der Waals surface area contributed by atoms with Crippen molar-refractivity contribution in [3.05, 3.63) is 41.8 Å². The van der Waals surface area contributed by atoms with Crippen LogP contribution in [0.4, 0.5) is 0 Å². The van der Waals surface area contributed by atoms with E-state index in [2.05, 4.69) is 24.1 Å². The molecule has 2 aromatic rings. The number of benzene rings is 1. The van der Waals surface area contributed by atoms with E-state index in [1.165, 1.54) is 57.8 Å². The van der Waals surface area contributed by atoms with Gasteiger partial charge in [0.1, 0.15) is 5.52 Å². The van der Waals surface area contributed by atoms with Crippen LogP contribution < -0.4 is 0 Å². The van der Waals surface area contributed by atoms with Crippen LogP contribution in [-0.2, 0) is 0 Å². The molecule has 0 saturated carbocycles. The third-order valence-electron chi connectivity index (χ3n) is 5.27. The molecular weight excluding hydrogens is 346 g/mol. The van der Waals surface area contributed by atoms with Crippen molar-refractivity contribution in [3.63, 3.8) is 0 Å². The minimum atomic E-state index is 0.0226. The third kappa shape index (κ3) is 8.00. The molecule has 0 bridgehead atoms. The number of carbonyl (C=O) groups is 1. The zero-order valence-electron chi connectivity index (χ0n) is 17.8. The molecule has 0 aliphatic heterocycles. The van der Waals surface area contributed by atoms with E-state index in [9.17, 15) is 4.79 Å². The van der Waals surface area contributed by atoms with Crippen molar-refractivity contribution in [1.82, 2.24) is 4.98 Å². The van der Waals surface area contributed by atoms with Crippen LogP contribution in [0.1, 0.15) is 107 Å². The second-order valence-electron chi connectivity index (χ2n) is 7.84. The van der Waals surface area contributed by atoms with Crippen LogP contribution in [0, 0.1) is 6.92 Å². The number of carbonyl (C=O) groups excluding carboxylic acids is 1. The van der Waals surface area contributed by atoms with Crippen LogP contribution in [0.5, 0.6) is 0 Å². The number of oxazole rings is 1. The molecule has 3 nitrogen and oxygen atoms in total. The summed E-state index contributed by atoms with van der Waals surface area (Å²) in [5, 5.41) is 0. The Morgan fingerprint density at radius 1 is 0.929 bits per heavy atom. The lowest BCUT2D eigenvalue weighted by atomic mass is 10.1. The lowest BCUT2D eigenvalue weighted by Gasteiger charge is -1.99. The van der Waals surface area contributed by atoms with Gasteiger partial charge in [-0.15, -0.1) is 0 Å². The van der Waals surface area contributed by atoms with Crippen molar-refractivity contribution < 1.29 is 9.21 Å². The first kappa shape index (κ1) is 22.4. The maximum Gasteiger partial charge on any atom is 0.264 e. The van der Waals surface area contributed by atoms with Crippen molar-refractivity contribution in [3.8, 4) is 0 Å². The maximum absolute atomic E-state index is 12.3. The molecule has 0 fully saturated rings. The van der Waals surface area contributed by atoms with E-state index in [0.29, 0.717) is 12.0 Å². The number of aryl methyl sites for hydroxylation is 1. The molecule has 0 atom stereocenters. The number of hydrogen-bond donors (Lipinski definition) is 0. The van der Waals surface area contributed by atoms with E-state index in [0.717, 1.165) is 30.3 Å². The zero-order valence-corrected chi connectivity index (χ0v) is 17.8. The van der Waals surface area contributed by atoms with Crippen molar-refractivity contribution in [2.75, 3.05) is 0 Å². The molecule has 0 radical (unpaired) electrons. The van der Waals surface area contributed by atoms with E-state index in [-0.39, 0.29) is 11.7 Å². The Morgan fingerprint density at radius 2 is 1.57 bits per heavy atom. The number of aromatic nitrogens is 1. The third-order valence-corrected chi connectivity index (χ3v) is 5.27. The minimum Gasteiger partial charge on any atom is -0.434 e. The lowest BCUT2D eigenvalue weighted by Crippen LogP contribution is -1.99. The van der Waals surface area contributed by atoms with Gasteiger partial charge in [-0.3, -0.25) is 4.79 Å². The molecule has 0 N–H and O–H groups in total. The summed E-state index contributed by atoms with van der Waals surface area (Å²) in [4.78, 5) is 16.6. The molecule has 0 spiro atoms. The molecule has 1 heterocycles. The molecule has 0 aliphatic carbocycles. The van der Waals surface area contributed by atoms with Gasteiger partial charge in [-0.25, -0.2) is 4.98 Å². The number of allylic oxidation sites excluding steroid dienone is 2. The summed E-state index contributed by atoms with van der Waals surface area (Å²) < 4.78 is 5.61. The molecule has 1 aromatic carbocycles. The number of para-hydroxylation sites is 1. The first-order valence-corrected chi connectivity index (χ1v) is 11.3. The second kappa shape index (κ2) is 13.3. The van der Waals surface area contributed by atoms with E-state index in [1.807, 2.05) is 25.1 Å². The molecule has 3 heteroatoms. The van der Waals surface area contributed by atoms with Gasteiger partial charge in [0.05, 0.1) is 0 Å². The highest BCUT2D eigenvalue weighted by atomic mass is 16.4. The summed E-state index contributed by atoms with van der Waals surface area (Å²) in [6, 6.07) is 5.78. The molecule has 1 aromatic heterocycles. The summed E-state index contributed by atoms with van der Waals surface area (Å²) in [6.07, 6.45) is 20.2. The summed E-state index contributed by atoms with van der Waals surface area (Å²) >= 11 is 0. The highest BCUT2D eigenvalue weighted by Gasteiger charge is 2.14. The van der Waals surface area contributed by atoms with E-state index >= 15 is 0 Å². The van der Waals surface area contributed by atoms with Crippen molar-refractivity contribution in [2.45, 2.75) is 97.3 Å². The Kier molecular flexibility index (Phi) is 10.6. The van der Waals surface area contributed by atoms with Gasteiger partial charge in [0, 0.05) is 6.42 Å². The first-order chi connectivity index (χ1) is 13.7. The normalized spacial score (nSPS) is 11.6. The average Bonchev–Trinajstić information content (AvgIpc) is 3.14. The molecular formula is C25H37NO2. The Balaban J connectivity index is 1.49. The number of ketones is 1. The Hall–Kier alpha value is -1.90. The average molecular weight is 384 g/mol. The molecule has 0 amide bonds. The number of hydrogen-bond acceptors (Lipinski definition) is 3. The number of nitrogens with zero attached hydrogens (tertiary/aromatic N) is 1. The van der Waals surface area contributed by atoms with Gasteiger partial charge in [-0.1, -0.05) is 76.2 Å². The van der Waals surface area contributed by atoms with Crippen LogP contribution in [-0.4, -0.2) is 10.8 Å². The van der Waals surface area contributed by atoms with Crippen molar-refractivity contribution in [1.29, 1.82) is 0 Å².